The Balaban J connectivity index is 1.72. The number of carbonyl (C=O) groups excluding carboxylic acids is 1. The molecule has 2 aromatic heterocycles. The van der Waals surface area contributed by atoms with Crippen LogP contribution in [0.5, 0.6) is 0 Å². The van der Waals surface area contributed by atoms with E-state index in [9.17, 15) is 13.2 Å². The molecule has 154 valence electrons. The lowest BCUT2D eigenvalue weighted by Gasteiger charge is -2.21. The summed E-state index contributed by atoms with van der Waals surface area (Å²) in [6, 6.07) is 10.3. The van der Waals surface area contributed by atoms with Crippen LogP contribution in [0.3, 0.4) is 0 Å². The van der Waals surface area contributed by atoms with Crippen LogP contribution in [0.1, 0.15) is 30.1 Å². The van der Waals surface area contributed by atoms with Gasteiger partial charge in [-0.2, -0.15) is 4.98 Å². The molecule has 29 heavy (non-hydrogen) atoms. The quantitative estimate of drug-likeness (QED) is 0.540. The zero-order valence-electron chi connectivity index (χ0n) is 16.4. The maximum absolute atomic E-state index is 12.9. The van der Waals surface area contributed by atoms with Crippen LogP contribution in [0.25, 0.3) is 10.7 Å². The van der Waals surface area contributed by atoms with Crippen molar-refractivity contribution in [1.29, 1.82) is 0 Å². The van der Waals surface area contributed by atoms with Crippen molar-refractivity contribution in [2.45, 2.75) is 20.4 Å². The van der Waals surface area contributed by atoms with Gasteiger partial charge in [-0.15, -0.1) is 11.3 Å². The Bertz CT molecular complexity index is 1060. The maximum Gasteiger partial charge on any atom is 0.254 e. The van der Waals surface area contributed by atoms with E-state index in [4.69, 9.17) is 4.52 Å². The minimum absolute atomic E-state index is 0.00539. The predicted octanol–water partition coefficient (Wildman–Crippen LogP) is 3.25. The van der Waals surface area contributed by atoms with Crippen molar-refractivity contribution >= 4 is 33.0 Å². The monoisotopic (exact) mass is 434 g/mol. The summed E-state index contributed by atoms with van der Waals surface area (Å²) < 4.78 is 30.5. The van der Waals surface area contributed by atoms with E-state index in [0.717, 1.165) is 4.88 Å². The van der Waals surface area contributed by atoms with Gasteiger partial charge >= 0.3 is 0 Å². The Morgan fingerprint density at radius 1 is 1.17 bits per heavy atom. The number of nitrogens with zero attached hydrogens (tertiary/aromatic N) is 4. The van der Waals surface area contributed by atoms with E-state index in [-0.39, 0.29) is 18.2 Å². The first kappa shape index (κ1) is 21.0. The average Bonchev–Trinajstić information content (AvgIpc) is 3.43. The first-order valence-corrected chi connectivity index (χ1v) is 11.6. The van der Waals surface area contributed by atoms with Crippen LogP contribution >= 0.6 is 11.3 Å². The van der Waals surface area contributed by atoms with Gasteiger partial charge in [-0.05, 0) is 49.6 Å². The number of amides is 1. The Labute approximate surface area is 173 Å². The molecule has 0 saturated heterocycles. The summed E-state index contributed by atoms with van der Waals surface area (Å²) in [6.45, 7) is 4.11. The smallest absolute Gasteiger partial charge is 0.254 e. The van der Waals surface area contributed by atoms with Gasteiger partial charge in [0.15, 0.2) is 0 Å². The first-order chi connectivity index (χ1) is 13.9. The molecule has 0 aliphatic carbocycles. The number of hydrogen-bond acceptors (Lipinski definition) is 7. The highest BCUT2D eigenvalue weighted by Gasteiger charge is 2.20. The van der Waals surface area contributed by atoms with Crippen LogP contribution in [0.15, 0.2) is 46.3 Å². The molecule has 8 nitrogen and oxygen atoms in total. The predicted molar refractivity (Wildman–Crippen MR) is 112 cm³/mol. The maximum atomic E-state index is 12.9. The molecule has 0 aliphatic heterocycles. The van der Waals surface area contributed by atoms with Crippen molar-refractivity contribution in [3.8, 4) is 10.7 Å². The van der Waals surface area contributed by atoms with E-state index in [1.165, 1.54) is 22.7 Å². The summed E-state index contributed by atoms with van der Waals surface area (Å²) in [5.74, 6) is 0.666. The summed E-state index contributed by atoms with van der Waals surface area (Å²) in [5, 5.41) is 5.89. The molecule has 2 heterocycles. The molecule has 1 aromatic carbocycles. The third-order valence-electron chi connectivity index (χ3n) is 4.46. The van der Waals surface area contributed by atoms with Crippen LogP contribution in [0, 0.1) is 0 Å². The van der Waals surface area contributed by atoms with Crippen molar-refractivity contribution in [3.63, 3.8) is 0 Å². The molecule has 0 saturated carbocycles. The Morgan fingerprint density at radius 2 is 1.90 bits per heavy atom. The molecule has 0 fully saturated rings. The third kappa shape index (κ3) is 4.65. The number of hydrogen-bond donors (Lipinski definition) is 0. The Morgan fingerprint density at radius 3 is 2.48 bits per heavy atom. The second-order valence-electron chi connectivity index (χ2n) is 6.22. The molecule has 0 N–H and O–H groups in total. The number of rotatable bonds is 8. The van der Waals surface area contributed by atoms with Crippen LogP contribution in [0.2, 0.25) is 0 Å². The summed E-state index contributed by atoms with van der Waals surface area (Å²) >= 11 is 1.51. The fraction of sp³-hybridized carbons (Fsp3) is 0.316. The van der Waals surface area contributed by atoms with Crippen molar-refractivity contribution in [3.05, 3.63) is 53.2 Å². The summed E-state index contributed by atoms with van der Waals surface area (Å²) in [4.78, 5) is 19.7. The van der Waals surface area contributed by atoms with Gasteiger partial charge in [-0.25, -0.2) is 8.42 Å². The van der Waals surface area contributed by atoms with Gasteiger partial charge < -0.3 is 9.42 Å². The molecule has 0 atom stereocenters. The largest absolute Gasteiger partial charge is 0.337 e. The van der Waals surface area contributed by atoms with Crippen molar-refractivity contribution in [2.24, 2.45) is 0 Å². The molecule has 0 radical (unpaired) electrons. The highest BCUT2D eigenvalue weighted by atomic mass is 32.2. The van der Waals surface area contributed by atoms with Crippen LogP contribution < -0.4 is 4.31 Å². The van der Waals surface area contributed by atoms with E-state index < -0.39 is 10.0 Å². The zero-order chi connectivity index (χ0) is 21.0. The number of aromatic nitrogens is 2. The average molecular weight is 435 g/mol. The van der Waals surface area contributed by atoms with Gasteiger partial charge in [-0.1, -0.05) is 11.2 Å². The minimum Gasteiger partial charge on any atom is -0.337 e. The second kappa shape index (κ2) is 8.75. The SMILES string of the molecule is CCN(Cc1nc(-c2cccs2)no1)C(=O)c1ccc(N(C)S(=O)(=O)CC)cc1. The number of carbonyl (C=O) groups is 1. The Kier molecular flexibility index (Phi) is 6.33. The molecule has 3 rings (SSSR count). The Hall–Kier alpha value is -2.72. The van der Waals surface area contributed by atoms with Gasteiger partial charge in [-0.3, -0.25) is 9.10 Å². The van der Waals surface area contributed by atoms with Crippen molar-refractivity contribution in [2.75, 3.05) is 23.7 Å². The normalized spacial score (nSPS) is 11.4. The zero-order valence-corrected chi connectivity index (χ0v) is 18.0. The highest BCUT2D eigenvalue weighted by Crippen LogP contribution is 2.22. The topological polar surface area (TPSA) is 96.6 Å². The number of sulfonamides is 1. The van der Waals surface area contributed by atoms with Gasteiger partial charge in [0.05, 0.1) is 16.3 Å². The molecule has 0 spiro atoms. The number of benzene rings is 1. The van der Waals surface area contributed by atoms with E-state index >= 15 is 0 Å². The van der Waals surface area contributed by atoms with Crippen molar-refractivity contribution in [1.82, 2.24) is 15.0 Å². The van der Waals surface area contributed by atoms with Gasteiger partial charge in [0.25, 0.3) is 5.91 Å². The fourth-order valence-electron chi connectivity index (χ4n) is 2.67. The highest BCUT2D eigenvalue weighted by molar-refractivity contribution is 7.92. The molecule has 0 unspecified atom stereocenters. The lowest BCUT2D eigenvalue weighted by Crippen LogP contribution is -2.31. The molecule has 0 aliphatic rings. The van der Waals surface area contributed by atoms with Crippen LogP contribution in [-0.2, 0) is 16.6 Å². The van der Waals surface area contributed by atoms with Gasteiger partial charge in [0.2, 0.25) is 21.7 Å². The number of thiophene rings is 1. The second-order valence-corrected chi connectivity index (χ2v) is 9.46. The third-order valence-corrected chi connectivity index (χ3v) is 7.11. The van der Waals surface area contributed by atoms with E-state index in [2.05, 4.69) is 10.1 Å². The lowest BCUT2D eigenvalue weighted by atomic mass is 10.2. The standard InChI is InChI=1S/C19H22N4O4S2/c1-4-23(13-17-20-18(21-27-17)16-7-6-12-28-16)19(24)14-8-10-15(11-9-14)22(3)29(25,26)5-2/h6-12H,4-5,13H2,1-3H3. The van der Waals surface area contributed by atoms with E-state index in [1.54, 1.807) is 36.1 Å². The van der Waals surface area contributed by atoms with Crippen LogP contribution in [0.4, 0.5) is 5.69 Å². The van der Waals surface area contributed by atoms with Gasteiger partial charge in [0.1, 0.15) is 6.54 Å². The van der Waals surface area contributed by atoms with E-state index in [0.29, 0.717) is 29.5 Å². The number of anilines is 1. The van der Waals surface area contributed by atoms with Gasteiger partial charge in [0, 0.05) is 19.2 Å². The molecular weight excluding hydrogens is 412 g/mol. The molecule has 10 heteroatoms. The minimum atomic E-state index is -3.35. The van der Waals surface area contributed by atoms with Crippen LogP contribution in [-0.4, -0.2) is 48.7 Å². The van der Waals surface area contributed by atoms with Crippen molar-refractivity contribution < 1.29 is 17.7 Å². The lowest BCUT2D eigenvalue weighted by molar-refractivity contribution is 0.0734. The summed E-state index contributed by atoms with van der Waals surface area (Å²) in [5.41, 5.74) is 0.958. The fourth-order valence-corrected chi connectivity index (χ4v) is 4.15. The summed E-state index contributed by atoms with van der Waals surface area (Å²) in [7, 11) is -1.86. The van der Waals surface area contributed by atoms with E-state index in [1.807, 2.05) is 24.4 Å². The molecule has 1 amide bonds. The molecular formula is C19H22N4O4S2. The first-order valence-electron chi connectivity index (χ1n) is 9.08. The molecule has 3 aromatic rings. The molecule has 0 bridgehead atoms. The summed E-state index contributed by atoms with van der Waals surface area (Å²) in [6.07, 6.45) is 0.